The van der Waals surface area contributed by atoms with Crippen molar-refractivity contribution in [3.05, 3.63) is 11.6 Å². The summed E-state index contributed by atoms with van der Waals surface area (Å²) in [6, 6.07) is 0. The van der Waals surface area contributed by atoms with Crippen LogP contribution in [0.5, 0.6) is 0 Å². The highest BCUT2D eigenvalue weighted by Gasteiger charge is 2.17. The van der Waals surface area contributed by atoms with Crippen molar-refractivity contribution in [3.8, 4) is 0 Å². The Balaban J connectivity index is 2.50. The van der Waals surface area contributed by atoms with Crippen LogP contribution in [0.25, 0.3) is 0 Å². The number of hydrogen-bond donors (Lipinski definition) is 0. The molecule has 1 aliphatic rings. The quantitative estimate of drug-likeness (QED) is 0.591. The molecule has 0 N–H and O–H groups in total. The number of allylic oxidation sites excluding steroid dienone is 1. The maximum Gasteiger partial charge on any atom is 0.333 e. The Bertz CT molecular complexity index is 194. The second-order valence-electron chi connectivity index (χ2n) is 3.34. The molecule has 12 heavy (non-hydrogen) atoms. The molecule has 68 valence electrons. The normalized spacial score (nSPS) is 23.2. The third kappa shape index (κ3) is 2.36. The number of ether oxygens (including phenoxy) is 1. The maximum atomic E-state index is 11.3. The van der Waals surface area contributed by atoms with Crippen LogP contribution in [0.1, 0.15) is 33.1 Å². The zero-order valence-corrected chi connectivity index (χ0v) is 7.80. The van der Waals surface area contributed by atoms with Crippen molar-refractivity contribution >= 4 is 5.97 Å². The van der Waals surface area contributed by atoms with E-state index in [-0.39, 0.29) is 5.97 Å². The van der Waals surface area contributed by atoms with E-state index in [2.05, 4.69) is 6.92 Å². The first kappa shape index (κ1) is 9.30. The van der Waals surface area contributed by atoms with Crippen LogP contribution in [0, 0.1) is 5.92 Å². The minimum Gasteiger partial charge on any atom is -0.463 e. The van der Waals surface area contributed by atoms with Crippen LogP contribution in [0.2, 0.25) is 0 Å². The molecule has 0 fully saturated rings. The largest absolute Gasteiger partial charge is 0.463 e. The lowest BCUT2D eigenvalue weighted by Gasteiger charge is -2.17. The maximum absolute atomic E-state index is 11.3. The van der Waals surface area contributed by atoms with E-state index in [1.165, 1.54) is 6.42 Å². The average molecular weight is 168 g/mol. The first-order valence-electron chi connectivity index (χ1n) is 4.60. The van der Waals surface area contributed by atoms with Gasteiger partial charge in [0.1, 0.15) is 0 Å². The molecule has 0 saturated carbocycles. The molecular formula is C10H16O2. The summed E-state index contributed by atoms with van der Waals surface area (Å²) in [5.41, 5.74) is 0.871. The lowest BCUT2D eigenvalue weighted by atomic mass is 9.90. The number of hydrogen-bond acceptors (Lipinski definition) is 2. The van der Waals surface area contributed by atoms with E-state index in [1.807, 2.05) is 13.0 Å². The molecule has 0 aromatic heterocycles. The molecule has 0 heterocycles. The zero-order chi connectivity index (χ0) is 8.97. The monoisotopic (exact) mass is 168 g/mol. The molecule has 0 saturated heterocycles. The standard InChI is InChI=1S/C10H16O2/c1-3-12-10(11)9-6-4-5-8(2)7-9/h6,8H,3-5,7H2,1-2H3. The molecule has 0 radical (unpaired) electrons. The van der Waals surface area contributed by atoms with E-state index in [0.717, 1.165) is 18.4 Å². The second kappa shape index (κ2) is 4.29. The van der Waals surface area contributed by atoms with Crippen LogP contribution in [-0.4, -0.2) is 12.6 Å². The summed E-state index contributed by atoms with van der Waals surface area (Å²) in [5.74, 6) is 0.512. The minimum atomic E-state index is -0.121. The second-order valence-corrected chi connectivity index (χ2v) is 3.34. The van der Waals surface area contributed by atoms with Crippen molar-refractivity contribution in [2.45, 2.75) is 33.1 Å². The molecule has 0 amide bonds. The molecule has 1 aliphatic carbocycles. The van der Waals surface area contributed by atoms with Crippen molar-refractivity contribution in [3.63, 3.8) is 0 Å². The van der Waals surface area contributed by atoms with E-state index >= 15 is 0 Å². The van der Waals surface area contributed by atoms with Crippen molar-refractivity contribution in [2.75, 3.05) is 6.61 Å². The molecular weight excluding hydrogens is 152 g/mol. The summed E-state index contributed by atoms with van der Waals surface area (Å²) in [6.07, 6.45) is 5.12. The van der Waals surface area contributed by atoms with Gasteiger partial charge in [-0.25, -0.2) is 4.79 Å². The van der Waals surface area contributed by atoms with Gasteiger partial charge in [-0.1, -0.05) is 13.0 Å². The Morgan fingerprint density at radius 2 is 2.50 bits per heavy atom. The highest BCUT2D eigenvalue weighted by Crippen LogP contribution is 2.23. The van der Waals surface area contributed by atoms with Gasteiger partial charge in [0.05, 0.1) is 6.61 Å². The third-order valence-corrected chi connectivity index (χ3v) is 2.16. The SMILES string of the molecule is CCOC(=O)C1=CCCC(C)C1. The van der Waals surface area contributed by atoms with Crippen LogP contribution < -0.4 is 0 Å². The number of rotatable bonds is 2. The van der Waals surface area contributed by atoms with Gasteiger partial charge in [-0.2, -0.15) is 0 Å². The van der Waals surface area contributed by atoms with Gasteiger partial charge in [0.25, 0.3) is 0 Å². The predicted octanol–water partition coefficient (Wildman–Crippen LogP) is 2.30. The van der Waals surface area contributed by atoms with Gasteiger partial charge in [0.15, 0.2) is 0 Å². The van der Waals surface area contributed by atoms with Crippen molar-refractivity contribution in [1.29, 1.82) is 0 Å². The Morgan fingerprint density at radius 1 is 1.75 bits per heavy atom. The van der Waals surface area contributed by atoms with Crippen LogP contribution in [0.4, 0.5) is 0 Å². The van der Waals surface area contributed by atoms with E-state index in [4.69, 9.17) is 4.74 Å². The average Bonchev–Trinajstić information content (AvgIpc) is 2.05. The fourth-order valence-electron chi connectivity index (χ4n) is 1.49. The highest BCUT2D eigenvalue weighted by molar-refractivity contribution is 5.88. The zero-order valence-electron chi connectivity index (χ0n) is 7.80. The topological polar surface area (TPSA) is 26.3 Å². The summed E-state index contributed by atoms with van der Waals surface area (Å²) in [5, 5.41) is 0. The van der Waals surface area contributed by atoms with Gasteiger partial charge in [-0.3, -0.25) is 0 Å². The summed E-state index contributed by atoms with van der Waals surface area (Å²) >= 11 is 0. The number of carbonyl (C=O) groups excluding carboxylic acids is 1. The summed E-state index contributed by atoms with van der Waals surface area (Å²) < 4.78 is 4.92. The summed E-state index contributed by atoms with van der Waals surface area (Å²) in [6.45, 7) is 4.49. The summed E-state index contributed by atoms with van der Waals surface area (Å²) in [7, 11) is 0. The molecule has 1 atom stereocenters. The van der Waals surface area contributed by atoms with E-state index < -0.39 is 0 Å². The lowest BCUT2D eigenvalue weighted by molar-refractivity contribution is -0.138. The minimum absolute atomic E-state index is 0.121. The Morgan fingerprint density at radius 3 is 3.08 bits per heavy atom. The third-order valence-electron chi connectivity index (χ3n) is 2.16. The van der Waals surface area contributed by atoms with Gasteiger partial charge in [0, 0.05) is 5.57 Å². The number of carbonyl (C=O) groups is 1. The van der Waals surface area contributed by atoms with Crippen LogP contribution >= 0.6 is 0 Å². The van der Waals surface area contributed by atoms with Gasteiger partial charge in [0.2, 0.25) is 0 Å². The molecule has 1 rings (SSSR count). The Labute approximate surface area is 73.6 Å². The van der Waals surface area contributed by atoms with Crippen molar-refractivity contribution in [2.24, 2.45) is 5.92 Å². The molecule has 0 aromatic carbocycles. The Kier molecular flexibility index (Phi) is 3.32. The highest BCUT2D eigenvalue weighted by atomic mass is 16.5. The molecule has 0 spiro atoms. The van der Waals surface area contributed by atoms with Crippen LogP contribution in [0.3, 0.4) is 0 Å². The fraction of sp³-hybridized carbons (Fsp3) is 0.700. The van der Waals surface area contributed by atoms with Gasteiger partial charge < -0.3 is 4.74 Å². The lowest BCUT2D eigenvalue weighted by Crippen LogP contribution is -2.13. The van der Waals surface area contributed by atoms with Crippen molar-refractivity contribution in [1.82, 2.24) is 0 Å². The first-order valence-corrected chi connectivity index (χ1v) is 4.60. The molecule has 0 aromatic rings. The Hall–Kier alpha value is -0.790. The van der Waals surface area contributed by atoms with E-state index in [0.29, 0.717) is 12.5 Å². The van der Waals surface area contributed by atoms with Gasteiger partial charge in [-0.05, 0) is 32.1 Å². The fourth-order valence-corrected chi connectivity index (χ4v) is 1.49. The summed E-state index contributed by atoms with van der Waals surface area (Å²) in [4.78, 5) is 11.3. The van der Waals surface area contributed by atoms with Gasteiger partial charge >= 0.3 is 5.97 Å². The van der Waals surface area contributed by atoms with E-state index in [9.17, 15) is 4.79 Å². The smallest absolute Gasteiger partial charge is 0.333 e. The predicted molar refractivity (Wildman–Crippen MR) is 47.7 cm³/mol. The van der Waals surface area contributed by atoms with Crippen molar-refractivity contribution < 1.29 is 9.53 Å². The van der Waals surface area contributed by atoms with Gasteiger partial charge in [-0.15, -0.1) is 0 Å². The molecule has 0 aliphatic heterocycles. The van der Waals surface area contributed by atoms with E-state index in [1.54, 1.807) is 0 Å². The van der Waals surface area contributed by atoms with Crippen LogP contribution in [-0.2, 0) is 9.53 Å². The number of esters is 1. The van der Waals surface area contributed by atoms with Crippen LogP contribution in [0.15, 0.2) is 11.6 Å². The molecule has 2 nitrogen and oxygen atoms in total. The first-order chi connectivity index (χ1) is 5.74. The molecule has 2 heteroatoms. The molecule has 1 unspecified atom stereocenters. The molecule has 0 bridgehead atoms.